The number of nitrogens with zero attached hydrogens (tertiary/aromatic N) is 2. The van der Waals surface area contributed by atoms with E-state index in [1.807, 2.05) is 41.3 Å². The standard InChI is InChI=1S/C21H21N3O2S/c1-26-19(25)17-9-5-6-10-18(17)23-20(27)24-13-11-21(15-22,12-14-24)16-7-3-2-4-8-16/h2-10H,11-14H2,1H3,(H,23,27). The van der Waals surface area contributed by atoms with Crippen LogP contribution in [-0.2, 0) is 10.2 Å². The molecule has 0 unspecified atom stereocenters. The third-order valence-corrected chi connectivity index (χ3v) is 5.38. The lowest BCUT2D eigenvalue weighted by Crippen LogP contribution is -2.46. The summed E-state index contributed by atoms with van der Waals surface area (Å²) in [7, 11) is 1.35. The third-order valence-electron chi connectivity index (χ3n) is 5.02. The quantitative estimate of drug-likeness (QED) is 0.648. The van der Waals surface area contributed by atoms with E-state index >= 15 is 0 Å². The number of benzene rings is 2. The molecule has 0 aromatic heterocycles. The molecule has 2 aromatic rings. The van der Waals surface area contributed by atoms with Crippen LogP contribution in [0.25, 0.3) is 0 Å². The number of thiocarbonyl (C=S) groups is 1. The first kappa shape index (κ1) is 18.9. The number of ether oxygens (including phenoxy) is 1. The molecular formula is C21H21N3O2S. The van der Waals surface area contributed by atoms with E-state index in [-0.39, 0.29) is 0 Å². The number of carbonyl (C=O) groups is 1. The van der Waals surface area contributed by atoms with Crippen LogP contribution in [0.5, 0.6) is 0 Å². The average Bonchev–Trinajstić information content (AvgIpc) is 2.74. The van der Waals surface area contributed by atoms with Crippen LogP contribution in [-0.4, -0.2) is 36.2 Å². The first-order valence-corrected chi connectivity index (χ1v) is 9.20. The number of methoxy groups -OCH3 is 1. The Morgan fingerprint density at radius 3 is 2.41 bits per heavy atom. The molecule has 1 N–H and O–H groups in total. The van der Waals surface area contributed by atoms with Crippen LogP contribution in [0.4, 0.5) is 5.69 Å². The number of hydrogen-bond donors (Lipinski definition) is 1. The molecule has 1 aliphatic heterocycles. The summed E-state index contributed by atoms with van der Waals surface area (Å²) < 4.78 is 4.82. The number of hydrogen-bond acceptors (Lipinski definition) is 4. The first-order valence-electron chi connectivity index (χ1n) is 8.80. The maximum absolute atomic E-state index is 11.9. The predicted octanol–water partition coefficient (Wildman–Crippen LogP) is 3.73. The molecule has 0 radical (unpaired) electrons. The number of carbonyl (C=O) groups excluding carboxylic acids is 1. The van der Waals surface area contributed by atoms with Gasteiger partial charge in [-0.15, -0.1) is 0 Å². The topological polar surface area (TPSA) is 65.4 Å². The third kappa shape index (κ3) is 3.93. The molecule has 0 saturated carbocycles. The van der Waals surface area contributed by atoms with Crippen LogP contribution in [0.3, 0.4) is 0 Å². The van der Waals surface area contributed by atoms with Crippen molar-refractivity contribution < 1.29 is 9.53 Å². The van der Waals surface area contributed by atoms with Crippen molar-refractivity contribution in [3.8, 4) is 6.07 Å². The van der Waals surface area contributed by atoms with E-state index in [2.05, 4.69) is 11.4 Å². The van der Waals surface area contributed by atoms with Crippen LogP contribution in [0.1, 0.15) is 28.8 Å². The Balaban J connectivity index is 1.69. The molecule has 138 valence electrons. The Labute approximate surface area is 164 Å². The van der Waals surface area contributed by atoms with Crippen LogP contribution >= 0.6 is 12.2 Å². The first-order chi connectivity index (χ1) is 13.1. The van der Waals surface area contributed by atoms with Gasteiger partial charge < -0.3 is 15.0 Å². The van der Waals surface area contributed by atoms with Gasteiger partial charge in [0.15, 0.2) is 5.11 Å². The average molecular weight is 379 g/mol. The molecule has 2 aromatic carbocycles. The second-order valence-corrected chi connectivity index (χ2v) is 6.90. The number of piperidine rings is 1. The lowest BCUT2D eigenvalue weighted by molar-refractivity contribution is 0.0602. The Morgan fingerprint density at radius 2 is 1.78 bits per heavy atom. The molecular weight excluding hydrogens is 358 g/mol. The fourth-order valence-corrected chi connectivity index (χ4v) is 3.68. The molecule has 1 saturated heterocycles. The summed E-state index contributed by atoms with van der Waals surface area (Å²) in [6.07, 6.45) is 1.40. The molecule has 0 atom stereocenters. The van der Waals surface area contributed by atoms with Crippen molar-refractivity contribution in [3.63, 3.8) is 0 Å². The Kier molecular flexibility index (Phi) is 5.72. The molecule has 0 aliphatic carbocycles. The van der Waals surface area contributed by atoms with Gasteiger partial charge in [-0.1, -0.05) is 42.5 Å². The highest BCUT2D eigenvalue weighted by Crippen LogP contribution is 2.35. The van der Waals surface area contributed by atoms with Crippen molar-refractivity contribution in [1.29, 1.82) is 5.26 Å². The number of nitrogens with one attached hydrogen (secondary N) is 1. The van der Waals surface area contributed by atoms with E-state index < -0.39 is 11.4 Å². The summed E-state index contributed by atoms with van der Waals surface area (Å²) >= 11 is 5.55. The zero-order valence-electron chi connectivity index (χ0n) is 15.1. The van der Waals surface area contributed by atoms with Crippen molar-refractivity contribution in [2.75, 3.05) is 25.5 Å². The maximum atomic E-state index is 11.9. The molecule has 0 bridgehead atoms. The minimum absolute atomic E-state index is 0.410. The highest BCUT2D eigenvalue weighted by atomic mass is 32.1. The molecule has 0 amide bonds. The Morgan fingerprint density at radius 1 is 1.15 bits per heavy atom. The summed E-state index contributed by atoms with van der Waals surface area (Å²) in [5.41, 5.74) is 1.64. The molecule has 3 rings (SSSR count). The number of para-hydroxylation sites is 1. The van der Waals surface area contributed by atoms with E-state index in [0.29, 0.717) is 42.3 Å². The van der Waals surface area contributed by atoms with E-state index in [4.69, 9.17) is 17.0 Å². The van der Waals surface area contributed by atoms with E-state index in [9.17, 15) is 10.1 Å². The van der Waals surface area contributed by atoms with Gasteiger partial charge in [0.2, 0.25) is 0 Å². The van der Waals surface area contributed by atoms with Gasteiger partial charge in [0.25, 0.3) is 0 Å². The van der Waals surface area contributed by atoms with E-state index in [1.54, 1.807) is 18.2 Å². The second-order valence-electron chi connectivity index (χ2n) is 6.51. The maximum Gasteiger partial charge on any atom is 0.339 e. The minimum atomic E-state index is -0.475. The SMILES string of the molecule is COC(=O)c1ccccc1NC(=S)N1CCC(C#N)(c2ccccc2)CC1. The van der Waals surface area contributed by atoms with Gasteiger partial charge in [-0.25, -0.2) is 4.79 Å². The number of likely N-dealkylation sites (tertiary alicyclic amines) is 1. The summed E-state index contributed by atoms with van der Waals surface area (Å²) in [4.78, 5) is 14.0. The molecule has 1 heterocycles. The summed E-state index contributed by atoms with van der Waals surface area (Å²) in [6.45, 7) is 1.35. The van der Waals surface area contributed by atoms with Crippen molar-refractivity contribution in [2.24, 2.45) is 0 Å². The van der Waals surface area contributed by atoms with Gasteiger partial charge in [-0.3, -0.25) is 0 Å². The number of nitriles is 1. The van der Waals surface area contributed by atoms with Crippen LogP contribution in [0.15, 0.2) is 54.6 Å². The monoisotopic (exact) mass is 379 g/mol. The van der Waals surface area contributed by atoms with Crippen LogP contribution in [0.2, 0.25) is 0 Å². The lowest BCUT2D eigenvalue weighted by Gasteiger charge is -2.38. The zero-order valence-corrected chi connectivity index (χ0v) is 16.0. The highest BCUT2D eigenvalue weighted by Gasteiger charge is 2.37. The molecule has 27 heavy (non-hydrogen) atoms. The van der Waals surface area contributed by atoms with Gasteiger partial charge in [0.05, 0.1) is 29.8 Å². The van der Waals surface area contributed by atoms with E-state index in [1.165, 1.54) is 7.11 Å². The van der Waals surface area contributed by atoms with Crippen molar-refractivity contribution in [3.05, 3.63) is 65.7 Å². The molecule has 1 fully saturated rings. The summed E-state index contributed by atoms with van der Waals surface area (Å²) in [5, 5.41) is 13.5. The lowest BCUT2D eigenvalue weighted by atomic mass is 9.74. The van der Waals surface area contributed by atoms with Crippen LogP contribution in [0, 0.1) is 11.3 Å². The minimum Gasteiger partial charge on any atom is -0.465 e. The fourth-order valence-electron chi connectivity index (χ4n) is 3.39. The zero-order chi connectivity index (χ0) is 19.3. The van der Waals surface area contributed by atoms with Gasteiger partial charge in [0.1, 0.15) is 0 Å². The van der Waals surface area contributed by atoms with Gasteiger partial charge in [0, 0.05) is 13.1 Å². The second kappa shape index (κ2) is 8.19. The van der Waals surface area contributed by atoms with Gasteiger partial charge in [-0.2, -0.15) is 5.26 Å². The summed E-state index contributed by atoms with van der Waals surface area (Å²) in [6, 6.07) is 19.6. The van der Waals surface area contributed by atoms with Gasteiger partial charge >= 0.3 is 5.97 Å². The van der Waals surface area contributed by atoms with E-state index in [0.717, 1.165) is 5.56 Å². The van der Waals surface area contributed by atoms with Crippen molar-refractivity contribution in [2.45, 2.75) is 18.3 Å². The molecule has 6 heteroatoms. The number of anilines is 1. The molecule has 1 aliphatic rings. The smallest absolute Gasteiger partial charge is 0.339 e. The predicted molar refractivity (Wildman–Crippen MR) is 109 cm³/mol. The number of esters is 1. The Bertz CT molecular complexity index is 868. The van der Waals surface area contributed by atoms with Crippen molar-refractivity contribution >= 4 is 29.0 Å². The summed E-state index contributed by atoms with van der Waals surface area (Å²) in [5.74, 6) is -0.410. The Hall–Kier alpha value is -2.91. The highest BCUT2D eigenvalue weighted by molar-refractivity contribution is 7.80. The molecule has 5 nitrogen and oxygen atoms in total. The fraction of sp³-hybridized carbons (Fsp3) is 0.286. The normalized spacial score (nSPS) is 15.5. The van der Waals surface area contributed by atoms with Gasteiger partial charge in [-0.05, 0) is 42.8 Å². The number of rotatable bonds is 3. The van der Waals surface area contributed by atoms with Crippen LogP contribution < -0.4 is 5.32 Å². The van der Waals surface area contributed by atoms with Crippen molar-refractivity contribution in [1.82, 2.24) is 4.90 Å². The largest absolute Gasteiger partial charge is 0.465 e. The molecule has 0 spiro atoms.